The molecule has 0 aliphatic heterocycles. The smallest absolute Gasteiger partial charge is 0.190 e. The van der Waals surface area contributed by atoms with E-state index < -0.39 is 0 Å². The molecule has 0 fully saturated rings. The van der Waals surface area contributed by atoms with Gasteiger partial charge in [-0.25, -0.2) is 0 Å². The van der Waals surface area contributed by atoms with Gasteiger partial charge in [0.2, 0.25) is 11.5 Å². The molecule has 0 unspecified atom stereocenters. The molecule has 0 N–H and O–H groups in total. The highest BCUT2D eigenvalue weighted by Crippen LogP contribution is 2.08. The first-order chi connectivity index (χ1) is 5.41. The summed E-state index contributed by atoms with van der Waals surface area (Å²) in [5.41, 5.74) is 0. The highest BCUT2D eigenvalue weighted by atomic mass is 32.2. The predicted octanol–water partition coefficient (Wildman–Crippen LogP) is 3.00. The SMILES string of the molecule is CCCCCCCSN=S=O. The van der Waals surface area contributed by atoms with Gasteiger partial charge in [0.1, 0.15) is 0 Å². The van der Waals surface area contributed by atoms with Crippen LogP contribution in [-0.4, -0.2) is 9.96 Å². The molecule has 0 rings (SSSR count). The van der Waals surface area contributed by atoms with Crippen molar-refractivity contribution in [3.63, 3.8) is 0 Å². The minimum atomic E-state index is 0.308. The zero-order valence-electron chi connectivity index (χ0n) is 6.91. The first-order valence-electron chi connectivity index (χ1n) is 4.03. The Kier molecular flexibility index (Phi) is 10.3. The molecule has 0 atom stereocenters. The maximum Gasteiger partial charge on any atom is 0.212 e. The summed E-state index contributed by atoms with van der Waals surface area (Å²) >= 11 is 1.69. The fraction of sp³-hybridized carbons (Fsp3) is 1.00. The average molecular weight is 193 g/mol. The first kappa shape index (κ1) is 11.2. The van der Waals surface area contributed by atoms with E-state index in [9.17, 15) is 4.21 Å². The number of unbranched alkanes of at least 4 members (excludes halogenated alkanes) is 4. The van der Waals surface area contributed by atoms with Crippen LogP contribution in [0.1, 0.15) is 39.0 Å². The van der Waals surface area contributed by atoms with Gasteiger partial charge in [0.15, 0.2) is 0 Å². The summed E-state index contributed by atoms with van der Waals surface area (Å²) in [5, 5.41) is 0. The summed E-state index contributed by atoms with van der Waals surface area (Å²) in [5.74, 6) is 0.999. The molecule has 0 heterocycles. The highest BCUT2D eigenvalue weighted by molar-refractivity contribution is 8.00. The zero-order valence-corrected chi connectivity index (χ0v) is 8.55. The molecule has 0 bridgehead atoms. The van der Waals surface area contributed by atoms with E-state index >= 15 is 0 Å². The van der Waals surface area contributed by atoms with Crippen LogP contribution >= 0.6 is 11.9 Å². The maximum atomic E-state index is 9.79. The number of hydrogen-bond donors (Lipinski definition) is 0. The molecule has 0 aromatic rings. The van der Waals surface area contributed by atoms with Crippen LogP contribution in [0.5, 0.6) is 0 Å². The zero-order chi connectivity index (χ0) is 8.36. The molecular formula is C7H15NOS2. The van der Waals surface area contributed by atoms with Gasteiger partial charge in [-0.3, -0.25) is 0 Å². The van der Waals surface area contributed by atoms with E-state index in [4.69, 9.17) is 0 Å². The minimum Gasteiger partial charge on any atom is -0.190 e. The van der Waals surface area contributed by atoms with E-state index in [1.54, 1.807) is 0 Å². The van der Waals surface area contributed by atoms with Crippen molar-refractivity contribution in [2.45, 2.75) is 39.0 Å². The van der Waals surface area contributed by atoms with Crippen LogP contribution in [0.25, 0.3) is 0 Å². The average Bonchev–Trinajstić information content (AvgIpc) is 2.03. The molecule has 0 aromatic heterocycles. The Balaban J connectivity index is 2.84. The lowest BCUT2D eigenvalue weighted by Gasteiger charge is -1.95. The lowest BCUT2D eigenvalue weighted by molar-refractivity contribution is 0.659. The Morgan fingerprint density at radius 2 is 1.91 bits per heavy atom. The Hall–Kier alpha value is 0.170. The molecule has 0 aromatic carbocycles. The molecule has 66 valence electrons. The third-order valence-corrected chi connectivity index (χ3v) is 2.56. The van der Waals surface area contributed by atoms with Gasteiger partial charge in [-0.2, -0.15) is 4.21 Å². The molecular weight excluding hydrogens is 178 g/mol. The molecule has 0 amide bonds. The highest BCUT2D eigenvalue weighted by Gasteiger charge is 1.88. The fourth-order valence-corrected chi connectivity index (χ4v) is 1.63. The predicted molar refractivity (Wildman–Crippen MR) is 51.8 cm³/mol. The van der Waals surface area contributed by atoms with Crippen molar-refractivity contribution in [1.29, 1.82) is 0 Å². The Morgan fingerprint density at radius 1 is 1.18 bits per heavy atom. The Morgan fingerprint density at radius 3 is 2.55 bits per heavy atom. The van der Waals surface area contributed by atoms with E-state index in [-0.39, 0.29) is 0 Å². The van der Waals surface area contributed by atoms with E-state index in [1.807, 2.05) is 0 Å². The molecule has 11 heavy (non-hydrogen) atoms. The summed E-state index contributed by atoms with van der Waals surface area (Å²) in [6, 6.07) is 0. The van der Waals surface area contributed by atoms with Gasteiger partial charge < -0.3 is 0 Å². The molecule has 0 saturated carbocycles. The quantitative estimate of drug-likeness (QED) is 0.459. The molecule has 0 saturated heterocycles. The van der Waals surface area contributed by atoms with Crippen LogP contribution < -0.4 is 0 Å². The van der Waals surface area contributed by atoms with Gasteiger partial charge in [-0.05, 0) is 18.4 Å². The standard InChI is InChI=1S/C7H15NOS2/c1-2-3-4-5-6-7-10-8-11-9/h2-7H2,1H3. The largest absolute Gasteiger partial charge is 0.212 e. The van der Waals surface area contributed by atoms with E-state index in [2.05, 4.69) is 10.7 Å². The van der Waals surface area contributed by atoms with Crippen molar-refractivity contribution in [2.24, 2.45) is 3.77 Å². The molecule has 0 spiro atoms. The lowest BCUT2D eigenvalue weighted by atomic mass is 10.2. The monoisotopic (exact) mass is 193 g/mol. The van der Waals surface area contributed by atoms with Gasteiger partial charge in [-0.15, -0.1) is 3.77 Å². The van der Waals surface area contributed by atoms with Crippen molar-refractivity contribution >= 4 is 23.4 Å². The Labute approximate surface area is 76.5 Å². The molecule has 0 aliphatic rings. The summed E-state index contributed by atoms with van der Waals surface area (Å²) in [6.45, 7) is 2.21. The van der Waals surface area contributed by atoms with Crippen molar-refractivity contribution in [3.05, 3.63) is 0 Å². The van der Waals surface area contributed by atoms with E-state index in [0.717, 1.165) is 5.75 Å². The molecule has 4 heteroatoms. The van der Waals surface area contributed by atoms with Gasteiger partial charge in [0.05, 0.1) is 0 Å². The molecule has 2 nitrogen and oxygen atoms in total. The van der Waals surface area contributed by atoms with E-state index in [1.165, 1.54) is 44.1 Å². The second-order valence-corrected chi connectivity index (χ2v) is 3.81. The van der Waals surface area contributed by atoms with Gasteiger partial charge in [-0.1, -0.05) is 32.6 Å². The van der Waals surface area contributed by atoms with Crippen molar-refractivity contribution in [1.82, 2.24) is 0 Å². The third-order valence-electron chi connectivity index (χ3n) is 1.42. The minimum absolute atomic E-state index is 0.308. The second kappa shape index (κ2) is 10.2. The van der Waals surface area contributed by atoms with Crippen LogP contribution in [0.3, 0.4) is 0 Å². The van der Waals surface area contributed by atoms with Gasteiger partial charge >= 0.3 is 0 Å². The summed E-state index contributed by atoms with van der Waals surface area (Å²) in [7, 11) is 0. The van der Waals surface area contributed by atoms with Crippen LogP contribution in [0.4, 0.5) is 0 Å². The fourth-order valence-electron chi connectivity index (χ4n) is 0.829. The first-order valence-corrected chi connectivity index (χ1v) is 5.67. The number of nitrogens with zero attached hydrogens (tertiary/aromatic N) is 1. The maximum absolute atomic E-state index is 9.79. The number of hydrogen-bond acceptors (Lipinski definition) is 3. The van der Waals surface area contributed by atoms with Gasteiger partial charge in [0.25, 0.3) is 0 Å². The molecule has 0 radical (unpaired) electrons. The van der Waals surface area contributed by atoms with Crippen LogP contribution in [0, 0.1) is 0 Å². The lowest BCUT2D eigenvalue weighted by Crippen LogP contribution is -1.79. The number of rotatable bonds is 7. The van der Waals surface area contributed by atoms with Crippen molar-refractivity contribution < 1.29 is 4.21 Å². The van der Waals surface area contributed by atoms with E-state index in [0.29, 0.717) is 11.5 Å². The van der Waals surface area contributed by atoms with Crippen molar-refractivity contribution in [3.8, 4) is 0 Å². The summed E-state index contributed by atoms with van der Waals surface area (Å²) < 4.78 is 13.4. The molecule has 0 aliphatic carbocycles. The van der Waals surface area contributed by atoms with Gasteiger partial charge in [0, 0.05) is 5.75 Å². The van der Waals surface area contributed by atoms with Crippen LogP contribution in [-0.2, 0) is 11.5 Å². The van der Waals surface area contributed by atoms with Crippen LogP contribution in [0.2, 0.25) is 0 Å². The summed E-state index contributed by atoms with van der Waals surface area (Å²) in [4.78, 5) is 0. The summed E-state index contributed by atoms with van der Waals surface area (Å²) in [6.07, 6.45) is 6.40. The topological polar surface area (TPSA) is 29.4 Å². The van der Waals surface area contributed by atoms with Crippen molar-refractivity contribution in [2.75, 3.05) is 5.75 Å². The third kappa shape index (κ3) is 10.2. The van der Waals surface area contributed by atoms with Crippen LogP contribution in [0.15, 0.2) is 3.77 Å². The Bertz CT molecular complexity index is 124. The second-order valence-electron chi connectivity index (χ2n) is 2.40. The normalized spacial score (nSPS) is 9.55.